The summed E-state index contributed by atoms with van der Waals surface area (Å²) < 4.78 is 3.35. The first-order chi connectivity index (χ1) is 14.0. The van der Waals surface area contributed by atoms with E-state index in [2.05, 4.69) is 4.98 Å². The van der Waals surface area contributed by atoms with E-state index < -0.39 is 6.10 Å². The Morgan fingerprint density at radius 2 is 2.00 bits per heavy atom. The van der Waals surface area contributed by atoms with Crippen LogP contribution >= 0.6 is 11.6 Å². The number of amides is 1. The summed E-state index contributed by atoms with van der Waals surface area (Å²) in [5.74, 6) is 0.219. The minimum absolute atomic E-state index is 0.213. The number of carbonyl (C=O) groups is 1. The van der Waals surface area contributed by atoms with Crippen LogP contribution in [0.2, 0.25) is 5.02 Å². The average Bonchev–Trinajstić information content (AvgIpc) is 3.25. The zero-order valence-electron chi connectivity index (χ0n) is 15.8. The molecule has 1 aliphatic heterocycles. The molecule has 0 spiro atoms. The number of rotatable bonds is 4. The number of hydrogen-bond donors (Lipinski definition) is 1. The van der Waals surface area contributed by atoms with Gasteiger partial charge in [-0.2, -0.15) is 0 Å². The van der Waals surface area contributed by atoms with E-state index >= 15 is 0 Å². The highest BCUT2D eigenvalue weighted by Gasteiger charge is 2.29. The van der Waals surface area contributed by atoms with Crippen LogP contribution in [0.3, 0.4) is 0 Å². The Balaban J connectivity index is 1.64. The molecule has 1 amide bonds. The van der Waals surface area contributed by atoms with Crippen LogP contribution in [0.15, 0.2) is 41.5 Å². The van der Waals surface area contributed by atoms with Gasteiger partial charge >= 0.3 is 0 Å². The molecule has 8 heteroatoms. The maximum atomic E-state index is 13.3. The van der Waals surface area contributed by atoms with Gasteiger partial charge in [0, 0.05) is 42.6 Å². The third-order valence-electron chi connectivity index (χ3n) is 5.68. The molecule has 0 bridgehead atoms. The predicted molar refractivity (Wildman–Crippen MR) is 109 cm³/mol. The minimum atomic E-state index is -0.501. The Hall–Kier alpha value is -2.64. The predicted octanol–water partition coefficient (Wildman–Crippen LogP) is 2.43. The Labute approximate surface area is 172 Å². The van der Waals surface area contributed by atoms with Crippen LogP contribution in [0.25, 0.3) is 16.9 Å². The highest BCUT2D eigenvalue weighted by Crippen LogP contribution is 2.33. The molecule has 3 heterocycles. The van der Waals surface area contributed by atoms with Crippen molar-refractivity contribution < 1.29 is 9.90 Å². The maximum absolute atomic E-state index is 13.3. The van der Waals surface area contributed by atoms with Gasteiger partial charge in [-0.25, -0.2) is 4.98 Å². The largest absolute Gasteiger partial charge is 0.391 e. The first kappa shape index (κ1) is 18.4. The topological polar surface area (TPSA) is 79.8 Å². The molecule has 2 aromatic heterocycles. The summed E-state index contributed by atoms with van der Waals surface area (Å²) in [6.07, 6.45) is 5.68. The van der Waals surface area contributed by atoms with E-state index in [1.165, 1.54) is 0 Å². The van der Waals surface area contributed by atoms with Crippen molar-refractivity contribution in [1.82, 2.24) is 18.9 Å². The Bertz CT molecular complexity index is 1160. The fraction of sp³-hybridized carbons (Fsp3) is 0.381. The molecule has 29 heavy (non-hydrogen) atoms. The second kappa shape index (κ2) is 7.00. The van der Waals surface area contributed by atoms with Gasteiger partial charge in [-0.15, -0.1) is 0 Å². The van der Waals surface area contributed by atoms with E-state index in [9.17, 15) is 14.7 Å². The first-order valence-corrected chi connectivity index (χ1v) is 10.2. The van der Waals surface area contributed by atoms with Crippen LogP contribution in [0, 0.1) is 5.92 Å². The highest BCUT2D eigenvalue weighted by atomic mass is 35.5. The Morgan fingerprint density at radius 3 is 2.69 bits per heavy atom. The molecule has 2 aliphatic rings. The molecular formula is C21H21ClN4O3. The van der Waals surface area contributed by atoms with Gasteiger partial charge in [0.1, 0.15) is 5.69 Å². The summed E-state index contributed by atoms with van der Waals surface area (Å²) in [4.78, 5) is 32.0. The first-order valence-electron chi connectivity index (χ1n) is 9.86. The van der Waals surface area contributed by atoms with E-state index in [0.29, 0.717) is 42.7 Å². The number of imidazole rings is 1. The molecule has 5 rings (SSSR count). The molecule has 0 radical (unpaired) electrons. The molecule has 0 unspecified atom stereocenters. The van der Waals surface area contributed by atoms with Crippen molar-refractivity contribution in [2.24, 2.45) is 5.92 Å². The van der Waals surface area contributed by atoms with Crippen molar-refractivity contribution in [3.63, 3.8) is 0 Å². The monoisotopic (exact) mass is 412 g/mol. The quantitative estimate of drug-likeness (QED) is 0.713. The minimum Gasteiger partial charge on any atom is -0.391 e. The summed E-state index contributed by atoms with van der Waals surface area (Å²) in [7, 11) is 0. The normalized spacial score (nSPS) is 19.2. The van der Waals surface area contributed by atoms with E-state index in [1.54, 1.807) is 26.1 Å². The van der Waals surface area contributed by atoms with Crippen molar-refractivity contribution in [3.8, 4) is 11.3 Å². The lowest BCUT2D eigenvalue weighted by molar-refractivity contribution is 0.0760. The number of aliphatic hydroxyl groups excluding tert-OH is 1. The molecule has 1 N–H and O–H groups in total. The number of β-amino-alcohol motifs (C(OH)–C–C–N with tert-alkyl or cyclic N) is 1. The number of aromatic nitrogens is 3. The molecule has 2 fully saturated rings. The maximum Gasteiger partial charge on any atom is 0.294 e. The van der Waals surface area contributed by atoms with Crippen molar-refractivity contribution in [3.05, 3.63) is 57.7 Å². The molecule has 1 atom stereocenters. The van der Waals surface area contributed by atoms with Gasteiger partial charge in [-0.3, -0.25) is 14.0 Å². The molecule has 150 valence electrons. The molecule has 1 saturated carbocycles. The van der Waals surface area contributed by atoms with Gasteiger partial charge in [0.05, 0.1) is 11.8 Å². The van der Waals surface area contributed by atoms with Crippen molar-refractivity contribution in [2.75, 3.05) is 13.1 Å². The third-order valence-corrected chi connectivity index (χ3v) is 6.01. The Morgan fingerprint density at radius 1 is 1.21 bits per heavy atom. The van der Waals surface area contributed by atoms with E-state index in [0.717, 1.165) is 18.4 Å². The lowest BCUT2D eigenvalue weighted by Crippen LogP contribution is -2.29. The fourth-order valence-corrected chi connectivity index (χ4v) is 4.13. The SMILES string of the molecule is O=C(c1cn2cc(-c3ccccc3Cl)n(CC3CC3)c(=O)c2n1)N1CC[C@@H](O)C1. The van der Waals surface area contributed by atoms with Crippen LogP contribution in [-0.4, -0.2) is 49.1 Å². The number of aliphatic hydroxyl groups is 1. The van der Waals surface area contributed by atoms with Crippen LogP contribution in [0.4, 0.5) is 0 Å². The van der Waals surface area contributed by atoms with Gasteiger partial charge < -0.3 is 14.6 Å². The lowest BCUT2D eigenvalue weighted by atomic mass is 10.1. The van der Waals surface area contributed by atoms with Crippen LogP contribution < -0.4 is 5.56 Å². The van der Waals surface area contributed by atoms with Gasteiger partial charge in [0.15, 0.2) is 0 Å². The fourth-order valence-electron chi connectivity index (χ4n) is 3.90. The summed E-state index contributed by atoms with van der Waals surface area (Å²) in [6, 6.07) is 7.43. The van der Waals surface area contributed by atoms with Crippen molar-refractivity contribution >= 4 is 23.2 Å². The number of benzene rings is 1. The summed E-state index contributed by atoms with van der Waals surface area (Å²) in [5, 5.41) is 10.3. The number of fused-ring (bicyclic) bond motifs is 1. The smallest absolute Gasteiger partial charge is 0.294 e. The van der Waals surface area contributed by atoms with Gasteiger partial charge in [0.25, 0.3) is 11.5 Å². The average molecular weight is 413 g/mol. The lowest BCUT2D eigenvalue weighted by Gasteiger charge is -2.14. The second-order valence-electron chi connectivity index (χ2n) is 7.90. The molecule has 1 aliphatic carbocycles. The number of carbonyl (C=O) groups excluding carboxylic acids is 1. The van der Waals surface area contributed by atoms with E-state index in [-0.39, 0.29) is 22.8 Å². The van der Waals surface area contributed by atoms with Gasteiger partial charge in [0.2, 0.25) is 5.65 Å². The number of nitrogens with zero attached hydrogens (tertiary/aromatic N) is 4. The second-order valence-corrected chi connectivity index (χ2v) is 8.31. The van der Waals surface area contributed by atoms with Crippen LogP contribution in [-0.2, 0) is 6.54 Å². The third kappa shape index (κ3) is 3.34. The number of halogens is 1. The Kier molecular flexibility index (Phi) is 4.44. The number of hydrogen-bond acceptors (Lipinski definition) is 4. The molecule has 1 aromatic carbocycles. The molecular weight excluding hydrogens is 392 g/mol. The molecule has 7 nitrogen and oxygen atoms in total. The zero-order valence-corrected chi connectivity index (χ0v) is 16.5. The molecule has 1 saturated heterocycles. The summed E-state index contributed by atoms with van der Waals surface area (Å²) in [6.45, 7) is 1.40. The van der Waals surface area contributed by atoms with Crippen LogP contribution in [0.1, 0.15) is 29.8 Å². The highest BCUT2D eigenvalue weighted by molar-refractivity contribution is 6.33. The van der Waals surface area contributed by atoms with Crippen LogP contribution in [0.5, 0.6) is 0 Å². The van der Waals surface area contributed by atoms with E-state index in [4.69, 9.17) is 11.6 Å². The standard InChI is InChI=1S/C21H21ClN4O3/c22-16-4-2-1-3-15(16)18-12-25-11-17(20(28)24-8-7-14(27)10-24)23-19(25)21(29)26(18)9-13-5-6-13/h1-4,11-14,27H,5-10H2/t14-/m1/s1. The summed E-state index contributed by atoms with van der Waals surface area (Å²) >= 11 is 6.42. The molecule has 3 aromatic rings. The number of likely N-dealkylation sites (tertiary alicyclic amines) is 1. The van der Waals surface area contributed by atoms with Gasteiger partial charge in [-0.1, -0.05) is 29.8 Å². The van der Waals surface area contributed by atoms with Gasteiger partial charge in [-0.05, 0) is 31.2 Å². The zero-order chi connectivity index (χ0) is 20.1. The summed E-state index contributed by atoms with van der Waals surface area (Å²) in [5.41, 5.74) is 1.70. The van der Waals surface area contributed by atoms with E-state index in [1.807, 2.05) is 24.4 Å². The van der Waals surface area contributed by atoms with Crippen molar-refractivity contribution in [2.45, 2.75) is 31.9 Å². The van der Waals surface area contributed by atoms with Crippen molar-refractivity contribution in [1.29, 1.82) is 0 Å².